The summed E-state index contributed by atoms with van der Waals surface area (Å²) < 4.78 is 10.7. The van der Waals surface area contributed by atoms with Crippen molar-refractivity contribution >= 4 is 0 Å². The largest absolute Gasteiger partial charge is 0.394 e. The maximum atomic E-state index is 9.08. The monoisotopic (exact) mass is 255 g/mol. The Morgan fingerprint density at radius 2 is 2.22 bits per heavy atom. The first-order valence-electron chi connectivity index (χ1n) is 6.27. The van der Waals surface area contributed by atoms with Gasteiger partial charge in [0.25, 0.3) is 0 Å². The molecule has 1 aromatic heterocycles. The van der Waals surface area contributed by atoms with Gasteiger partial charge < -0.3 is 14.4 Å². The van der Waals surface area contributed by atoms with Gasteiger partial charge in [-0.05, 0) is 0 Å². The third-order valence-corrected chi connectivity index (χ3v) is 2.92. The Morgan fingerprint density at radius 3 is 2.83 bits per heavy atom. The summed E-state index contributed by atoms with van der Waals surface area (Å²) in [4.78, 5) is 6.56. The molecule has 0 aromatic carbocycles. The summed E-state index contributed by atoms with van der Waals surface area (Å²) in [7, 11) is 0. The lowest BCUT2D eigenvalue weighted by molar-refractivity contribution is -0.0571. The topological polar surface area (TPSA) is 71.6 Å². The van der Waals surface area contributed by atoms with E-state index >= 15 is 0 Å². The van der Waals surface area contributed by atoms with Gasteiger partial charge in [-0.2, -0.15) is 4.98 Å². The molecule has 1 aliphatic rings. The Bertz CT molecular complexity index is 386. The van der Waals surface area contributed by atoms with Crippen molar-refractivity contribution in [1.29, 1.82) is 0 Å². The summed E-state index contributed by atoms with van der Waals surface area (Å²) in [5, 5.41) is 13.1. The summed E-state index contributed by atoms with van der Waals surface area (Å²) in [6.07, 6.45) is -0.108. The highest BCUT2D eigenvalue weighted by Gasteiger charge is 2.24. The number of hydrogen-bond donors (Lipinski definition) is 1. The average Bonchev–Trinajstić information content (AvgIpc) is 2.77. The molecule has 1 fully saturated rings. The maximum Gasteiger partial charge on any atom is 0.240 e. The van der Waals surface area contributed by atoms with E-state index in [0.717, 1.165) is 12.4 Å². The predicted octanol–water partition coefficient (Wildman–Crippen LogP) is 0.560. The van der Waals surface area contributed by atoms with E-state index in [9.17, 15) is 0 Å². The Kier molecular flexibility index (Phi) is 3.99. The van der Waals surface area contributed by atoms with E-state index in [1.165, 1.54) is 0 Å². The predicted molar refractivity (Wildman–Crippen MR) is 65.1 cm³/mol. The molecule has 0 amide bonds. The minimum atomic E-state index is -0.108. The summed E-state index contributed by atoms with van der Waals surface area (Å²) in [6, 6.07) is 0. The van der Waals surface area contributed by atoms with E-state index in [4.69, 9.17) is 14.4 Å². The molecule has 1 saturated heterocycles. The fraction of sp³-hybridized carbons (Fsp3) is 0.833. The molecule has 0 bridgehead atoms. The second kappa shape index (κ2) is 5.34. The van der Waals surface area contributed by atoms with E-state index < -0.39 is 0 Å². The number of hydrogen-bond acceptors (Lipinski definition) is 6. The number of rotatable bonds is 3. The average molecular weight is 255 g/mol. The van der Waals surface area contributed by atoms with Gasteiger partial charge in [0.1, 0.15) is 0 Å². The minimum absolute atomic E-state index is 0.0492. The number of nitrogens with zero attached hydrogens (tertiary/aromatic N) is 3. The number of aliphatic hydroxyl groups is 1. The molecule has 1 N–H and O–H groups in total. The zero-order chi connectivity index (χ0) is 13.2. The standard InChI is InChI=1S/C12H21N3O3/c1-12(2,3)11-13-10(18-14-11)7-15-4-5-17-9(6-15)8-16/h9,16H,4-8H2,1-3H3. The van der Waals surface area contributed by atoms with Crippen molar-refractivity contribution in [3.05, 3.63) is 11.7 Å². The molecular formula is C12H21N3O3. The van der Waals surface area contributed by atoms with Gasteiger partial charge in [0.15, 0.2) is 5.82 Å². The molecule has 6 heteroatoms. The molecule has 1 aromatic rings. The van der Waals surface area contributed by atoms with Gasteiger partial charge in [0, 0.05) is 18.5 Å². The highest BCUT2D eigenvalue weighted by Crippen LogP contribution is 2.19. The molecule has 2 rings (SSSR count). The fourth-order valence-corrected chi connectivity index (χ4v) is 1.85. The third-order valence-electron chi connectivity index (χ3n) is 2.92. The fourth-order valence-electron chi connectivity index (χ4n) is 1.85. The first kappa shape index (κ1) is 13.5. The van der Waals surface area contributed by atoms with Crippen LogP contribution >= 0.6 is 0 Å². The van der Waals surface area contributed by atoms with E-state index in [1.54, 1.807) is 0 Å². The van der Waals surface area contributed by atoms with Gasteiger partial charge in [-0.15, -0.1) is 0 Å². The Labute approximate surface area is 107 Å². The molecule has 1 aliphatic heterocycles. The highest BCUT2D eigenvalue weighted by molar-refractivity contribution is 5.00. The molecule has 18 heavy (non-hydrogen) atoms. The zero-order valence-corrected chi connectivity index (χ0v) is 11.2. The van der Waals surface area contributed by atoms with Crippen LogP contribution in [-0.4, -0.2) is 52.6 Å². The van der Waals surface area contributed by atoms with Crippen LogP contribution in [0.25, 0.3) is 0 Å². The number of aliphatic hydroxyl groups excluding tert-OH is 1. The Balaban J connectivity index is 1.95. The third kappa shape index (κ3) is 3.28. The zero-order valence-electron chi connectivity index (χ0n) is 11.2. The normalized spacial score (nSPS) is 22.3. The summed E-state index contributed by atoms with van der Waals surface area (Å²) in [5.41, 5.74) is -0.0968. The molecule has 0 aliphatic carbocycles. The molecule has 0 radical (unpaired) electrons. The van der Waals surface area contributed by atoms with Gasteiger partial charge in [-0.3, -0.25) is 4.90 Å². The lowest BCUT2D eigenvalue weighted by atomic mass is 9.96. The molecule has 6 nitrogen and oxygen atoms in total. The Hall–Kier alpha value is -0.980. The van der Waals surface area contributed by atoms with Gasteiger partial charge >= 0.3 is 0 Å². The molecule has 0 spiro atoms. The van der Waals surface area contributed by atoms with Crippen molar-refractivity contribution < 1.29 is 14.4 Å². The van der Waals surface area contributed by atoms with E-state index in [1.807, 2.05) is 0 Å². The van der Waals surface area contributed by atoms with Crippen LogP contribution in [0.1, 0.15) is 32.5 Å². The van der Waals surface area contributed by atoms with E-state index in [0.29, 0.717) is 25.6 Å². The maximum absolute atomic E-state index is 9.08. The van der Waals surface area contributed by atoms with Crippen molar-refractivity contribution in [3.8, 4) is 0 Å². The van der Waals surface area contributed by atoms with E-state index in [-0.39, 0.29) is 18.1 Å². The summed E-state index contributed by atoms with van der Waals surface area (Å²) in [5.74, 6) is 1.35. The van der Waals surface area contributed by atoms with Crippen molar-refractivity contribution in [3.63, 3.8) is 0 Å². The van der Waals surface area contributed by atoms with Crippen LogP contribution < -0.4 is 0 Å². The van der Waals surface area contributed by atoms with Crippen molar-refractivity contribution in [1.82, 2.24) is 15.0 Å². The molecule has 102 valence electrons. The second-order valence-electron chi connectivity index (χ2n) is 5.67. The van der Waals surface area contributed by atoms with Gasteiger partial charge in [-0.1, -0.05) is 25.9 Å². The number of aromatic nitrogens is 2. The van der Waals surface area contributed by atoms with E-state index in [2.05, 4.69) is 35.8 Å². The van der Waals surface area contributed by atoms with Crippen molar-refractivity contribution in [2.24, 2.45) is 0 Å². The van der Waals surface area contributed by atoms with Crippen molar-refractivity contribution in [2.45, 2.75) is 38.8 Å². The lowest BCUT2D eigenvalue weighted by Crippen LogP contribution is -2.43. The van der Waals surface area contributed by atoms with Gasteiger partial charge in [-0.25, -0.2) is 0 Å². The number of ether oxygens (including phenoxy) is 1. The summed E-state index contributed by atoms with van der Waals surface area (Å²) >= 11 is 0. The highest BCUT2D eigenvalue weighted by atomic mass is 16.5. The minimum Gasteiger partial charge on any atom is -0.394 e. The molecule has 1 unspecified atom stereocenters. The molecular weight excluding hydrogens is 234 g/mol. The molecule has 2 heterocycles. The first-order valence-corrected chi connectivity index (χ1v) is 6.27. The van der Waals surface area contributed by atoms with Crippen LogP contribution in [0.4, 0.5) is 0 Å². The van der Waals surface area contributed by atoms with Gasteiger partial charge in [0.05, 0.1) is 25.9 Å². The second-order valence-corrected chi connectivity index (χ2v) is 5.67. The quantitative estimate of drug-likeness (QED) is 0.851. The SMILES string of the molecule is CC(C)(C)c1noc(CN2CCOC(CO)C2)n1. The van der Waals surface area contributed by atoms with Gasteiger partial charge in [0.2, 0.25) is 5.89 Å². The van der Waals surface area contributed by atoms with Crippen LogP contribution in [0.15, 0.2) is 4.52 Å². The van der Waals surface area contributed by atoms with Crippen molar-refractivity contribution in [2.75, 3.05) is 26.3 Å². The number of morpholine rings is 1. The smallest absolute Gasteiger partial charge is 0.240 e. The molecule has 1 atom stereocenters. The van der Waals surface area contributed by atoms with Crippen LogP contribution in [0, 0.1) is 0 Å². The van der Waals surface area contributed by atoms with Crippen LogP contribution in [0.5, 0.6) is 0 Å². The van der Waals surface area contributed by atoms with Crippen LogP contribution in [0.2, 0.25) is 0 Å². The van der Waals surface area contributed by atoms with Crippen LogP contribution in [0.3, 0.4) is 0 Å². The van der Waals surface area contributed by atoms with Crippen LogP contribution in [-0.2, 0) is 16.7 Å². The Morgan fingerprint density at radius 1 is 1.44 bits per heavy atom. The summed E-state index contributed by atoms with van der Waals surface area (Å²) in [6.45, 7) is 8.98. The molecule has 0 saturated carbocycles. The first-order chi connectivity index (χ1) is 8.49. The lowest BCUT2D eigenvalue weighted by Gasteiger charge is -2.30.